The van der Waals surface area contributed by atoms with Crippen molar-refractivity contribution in [1.29, 1.82) is 0 Å². The van der Waals surface area contributed by atoms with Crippen LogP contribution >= 0.6 is 12.2 Å². The Hall–Kier alpha value is -2.35. The third-order valence-electron chi connectivity index (χ3n) is 2.61. The maximum absolute atomic E-state index is 13.7. The molecule has 1 aromatic carbocycles. The van der Waals surface area contributed by atoms with Crippen LogP contribution in [0.1, 0.15) is 0 Å². The average Bonchev–Trinajstić information content (AvgIpc) is 2.73. The van der Waals surface area contributed by atoms with Crippen molar-refractivity contribution in [2.45, 2.75) is 0 Å². The van der Waals surface area contributed by atoms with Crippen molar-refractivity contribution < 1.29 is 8.78 Å². The molecule has 96 valence electrons. The Morgan fingerprint density at radius 2 is 2.05 bits per heavy atom. The van der Waals surface area contributed by atoms with Crippen LogP contribution in [0.5, 0.6) is 0 Å². The van der Waals surface area contributed by atoms with Gasteiger partial charge in [-0.2, -0.15) is 5.10 Å². The largest absolute Gasteiger partial charge is 0.316 e. The molecular formula is C11H6F2N4OS. The van der Waals surface area contributed by atoms with Crippen LogP contribution in [0.3, 0.4) is 0 Å². The Morgan fingerprint density at radius 1 is 1.26 bits per heavy atom. The third-order valence-corrected chi connectivity index (χ3v) is 2.81. The van der Waals surface area contributed by atoms with Crippen LogP contribution in [0.2, 0.25) is 0 Å². The van der Waals surface area contributed by atoms with Crippen molar-refractivity contribution in [2.75, 3.05) is 0 Å². The first-order chi connectivity index (χ1) is 9.06. The lowest BCUT2D eigenvalue weighted by Crippen LogP contribution is -2.08. The van der Waals surface area contributed by atoms with Crippen LogP contribution in [0.15, 0.2) is 29.2 Å². The summed E-state index contributed by atoms with van der Waals surface area (Å²) in [5.74, 6) is -1.48. The number of fused-ring (bicyclic) bond motifs is 1. The van der Waals surface area contributed by atoms with Gasteiger partial charge in [0.15, 0.2) is 10.6 Å². The van der Waals surface area contributed by atoms with Gasteiger partial charge in [0, 0.05) is 6.07 Å². The summed E-state index contributed by atoms with van der Waals surface area (Å²) in [4.78, 5) is 16.8. The molecule has 0 radical (unpaired) electrons. The van der Waals surface area contributed by atoms with Crippen LogP contribution in [-0.4, -0.2) is 19.7 Å². The van der Waals surface area contributed by atoms with Gasteiger partial charge < -0.3 is 4.98 Å². The molecule has 0 atom stereocenters. The first kappa shape index (κ1) is 11.7. The van der Waals surface area contributed by atoms with E-state index in [0.717, 1.165) is 16.8 Å². The van der Waals surface area contributed by atoms with E-state index in [9.17, 15) is 13.6 Å². The highest BCUT2D eigenvalue weighted by Gasteiger charge is 2.12. The highest BCUT2D eigenvalue weighted by molar-refractivity contribution is 7.71. The molecule has 3 aromatic rings. The Balaban J connectivity index is 2.37. The zero-order valence-electron chi connectivity index (χ0n) is 9.28. The number of hydrogen-bond donors (Lipinski definition) is 2. The van der Waals surface area contributed by atoms with Crippen molar-refractivity contribution in [1.82, 2.24) is 19.7 Å². The Kier molecular flexibility index (Phi) is 2.53. The van der Waals surface area contributed by atoms with E-state index in [4.69, 9.17) is 12.2 Å². The van der Waals surface area contributed by atoms with Crippen LogP contribution in [-0.2, 0) is 0 Å². The number of hydrogen-bond acceptors (Lipinski definition) is 3. The van der Waals surface area contributed by atoms with Crippen LogP contribution < -0.4 is 5.56 Å². The molecule has 0 saturated heterocycles. The third kappa shape index (κ3) is 1.85. The lowest BCUT2D eigenvalue weighted by Gasteiger charge is -2.04. The van der Waals surface area contributed by atoms with Gasteiger partial charge in [-0.15, -0.1) is 0 Å². The van der Waals surface area contributed by atoms with Gasteiger partial charge in [0.25, 0.3) is 5.56 Å². The molecule has 0 fully saturated rings. The molecule has 5 nitrogen and oxygen atoms in total. The maximum Gasteiger partial charge on any atom is 0.262 e. The minimum atomic E-state index is -0.787. The van der Waals surface area contributed by atoms with Gasteiger partial charge in [-0.05, 0) is 24.4 Å². The summed E-state index contributed by atoms with van der Waals surface area (Å²) < 4.78 is 27.9. The summed E-state index contributed by atoms with van der Waals surface area (Å²) in [6.07, 6.45) is 1.28. The van der Waals surface area contributed by atoms with Gasteiger partial charge in [0.2, 0.25) is 0 Å². The second kappa shape index (κ2) is 4.09. The molecule has 0 aliphatic heterocycles. The van der Waals surface area contributed by atoms with E-state index in [2.05, 4.69) is 15.1 Å². The quantitative estimate of drug-likeness (QED) is 0.670. The van der Waals surface area contributed by atoms with Gasteiger partial charge in [0.1, 0.15) is 22.5 Å². The lowest BCUT2D eigenvalue weighted by atomic mass is 10.3. The predicted octanol–water partition coefficient (Wildman–Crippen LogP) is 2.05. The first-order valence-corrected chi connectivity index (χ1v) is 5.63. The molecular weight excluding hydrogens is 274 g/mol. The Bertz CT molecular complexity index is 896. The van der Waals surface area contributed by atoms with Crippen molar-refractivity contribution in [3.8, 4) is 5.69 Å². The van der Waals surface area contributed by atoms with E-state index in [0.29, 0.717) is 0 Å². The minimum absolute atomic E-state index is 0.0210. The van der Waals surface area contributed by atoms with E-state index < -0.39 is 17.2 Å². The van der Waals surface area contributed by atoms with Crippen molar-refractivity contribution in [2.24, 2.45) is 0 Å². The Morgan fingerprint density at radius 3 is 2.79 bits per heavy atom. The van der Waals surface area contributed by atoms with Gasteiger partial charge in [0.05, 0.1) is 6.20 Å². The summed E-state index contributed by atoms with van der Waals surface area (Å²) in [5.41, 5.74) is -0.153. The topological polar surface area (TPSA) is 66.5 Å². The summed E-state index contributed by atoms with van der Waals surface area (Å²) in [5, 5.41) is 4.15. The second-order valence-electron chi connectivity index (χ2n) is 3.82. The molecule has 8 heteroatoms. The molecule has 0 aliphatic carbocycles. The van der Waals surface area contributed by atoms with E-state index in [-0.39, 0.29) is 21.5 Å². The molecule has 3 rings (SSSR count). The van der Waals surface area contributed by atoms with Crippen molar-refractivity contribution >= 4 is 23.3 Å². The highest BCUT2D eigenvalue weighted by atomic mass is 32.1. The van der Waals surface area contributed by atoms with Gasteiger partial charge in [-0.1, -0.05) is 0 Å². The normalized spacial score (nSPS) is 11.1. The van der Waals surface area contributed by atoms with Crippen LogP contribution in [0, 0.1) is 16.4 Å². The predicted molar refractivity (Wildman–Crippen MR) is 66.8 cm³/mol. The summed E-state index contributed by atoms with van der Waals surface area (Å²) >= 11 is 4.85. The lowest BCUT2D eigenvalue weighted by molar-refractivity contribution is 0.574. The molecule has 0 aliphatic rings. The smallest absolute Gasteiger partial charge is 0.262 e. The van der Waals surface area contributed by atoms with Crippen LogP contribution in [0.4, 0.5) is 8.78 Å². The van der Waals surface area contributed by atoms with Gasteiger partial charge >= 0.3 is 0 Å². The number of aromatic amines is 2. The standard InChI is InChI=1S/C11H6F2N4OS/c12-5-1-2-8(7(13)3-5)17-9-6(4-14-17)10(18)16-11(19)15-9/h1-4H,(H2,15,16,18,19). The minimum Gasteiger partial charge on any atom is -0.316 e. The van der Waals surface area contributed by atoms with Gasteiger partial charge in [-0.3, -0.25) is 9.78 Å². The van der Waals surface area contributed by atoms with Crippen molar-refractivity contribution in [3.05, 3.63) is 51.2 Å². The first-order valence-electron chi connectivity index (χ1n) is 5.22. The summed E-state index contributed by atoms with van der Waals surface area (Å²) in [6, 6.07) is 3.08. The molecule has 0 spiro atoms. The molecule has 19 heavy (non-hydrogen) atoms. The zero-order valence-corrected chi connectivity index (χ0v) is 10.1. The van der Waals surface area contributed by atoms with Crippen molar-refractivity contribution in [3.63, 3.8) is 0 Å². The van der Waals surface area contributed by atoms with Gasteiger partial charge in [-0.25, -0.2) is 13.5 Å². The molecule has 0 unspecified atom stereocenters. The number of rotatable bonds is 1. The van der Waals surface area contributed by atoms with E-state index in [1.807, 2.05) is 0 Å². The molecule has 0 saturated carbocycles. The van der Waals surface area contributed by atoms with E-state index >= 15 is 0 Å². The number of nitrogens with zero attached hydrogens (tertiary/aromatic N) is 2. The highest BCUT2D eigenvalue weighted by Crippen LogP contribution is 2.17. The maximum atomic E-state index is 13.7. The Labute approximate surface area is 109 Å². The number of aromatic nitrogens is 4. The second-order valence-corrected chi connectivity index (χ2v) is 4.23. The summed E-state index contributed by atoms with van der Waals surface area (Å²) in [6.45, 7) is 0. The molecule has 0 bridgehead atoms. The fraction of sp³-hybridized carbons (Fsp3) is 0. The SMILES string of the molecule is O=c1[nH]c(=S)[nH]c2c1cnn2-c1ccc(F)cc1F. The zero-order chi connectivity index (χ0) is 13.6. The monoisotopic (exact) mass is 280 g/mol. The number of H-pyrrole nitrogens is 2. The molecule has 0 amide bonds. The number of halogens is 2. The van der Waals surface area contributed by atoms with Crippen LogP contribution in [0.25, 0.3) is 16.7 Å². The summed E-state index contributed by atoms with van der Waals surface area (Å²) in [7, 11) is 0. The van der Waals surface area contributed by atoms with E-state index in [1.54, 1.807) is 0 Å². The van der Waals surface area contributed by atoms with E-state index in [1.165, 1.54) is 12.3 Å². The molecule has 2 heterocycles. The fourth-order valence-electron chi connectivity index (χ4n) is 1.78. The fourth-order valence-corrected chi connectivity index (χ4v) is 1.97. The molecule has 2 N–H and O–H groups in total. The number of benzene rings is 1. The average molecular weight is 280 g/mol. The number of nitrogens with one attached hydrogen (secondary N) is 2. The molecule has 2 aromatic heterocycles.